The van der Waals surface area contributed by atoms with Gasteiger partial charge in [0, 0.05) is 36.4 Å². The second-order valence-electron chi connectivity index (χ2n) is 17.6. The summed E-state index contributed by atoms with van der Waals surface area (Å²) in [7, 11) is 1.27. The molecule has 2 aromatic heterocycles. The van der Waals surface area contributed by atoms with Gasteiger partial charge in [-0.15, -0.1) is 0 Å². The summed E-state index contributed by atoms with van der Waals surface area (Å²) in [6.45, 7) is 4.29. The van der Waals surface area contributed by atoms with Gasteiger partial charge in [-0.05, 0) is 82.6 Å². The average Bonchev–Trinajstić information content (AvgIpc) is 3.39. The maximum absolute atomic E-state index is 13.2. The van der Waals surface area contributed by atoms with Crippen LogP contribution in [0.4, 0.5) is 0 Å². The van der Waals surface area contributed by atoms with Gasteiger partial charge in [0.05, 0.1) is 51.4 Å². The van der Waals surface area contributed by atoms with Gasteiger partial charge in [-0.1, -0.05) is 180 Å². The van der Waals surface area contributed by atoms with Gasteiger partial charge in [0.2, 0.25) is 0 Å². The molecule has 0 fully saturated rings. The molecule has 0 aliphatic carbocycles. The number of nitrogens with zero attached hydrogens (tertiary/aromatic N) is 2. The number of halogens is 4. The SMILES string of the molecule is COC(=O)C(Cc1ccc(-c2cc(Cl)cn(Cc3ccccc3)c2=O)cc1)NC(=O)c1c(C)cccc1Cl.Cc1cccc(Cl)c1C(=O)NC(Cc1ccc(-c2cc(Cl)cn(Cc3ccccc3)c2=O)cc1)C(=O)O. The number of aliphatic carboxylic acids is 1. The van der Waals surface area contributed by atoms with Gasteiger partial charge >= 0.3 is 11.9 Å². The highest BCUT2D eigenvalue weighted by molar-refractivity contribution is 6.34. The minimum absolute atomic E-state index is 0.0542. The second-order valence-corrected chi connectivity index (χ2v) is 19.2. The third kappa shape index (κ3) is 14.3. The zero-order chi connectivity index (χ0) is 53.8. The van der Waals surface area contributed by atoms with E-state index in [1.807, 2.05) is 60.7 Å². The highest BCUT2D eigenvalue weighted by atomic mass is 35.5. The molecule has 6 aromatic carbocycles. The molecule has 16 heteroatoms. The molecule has 2 unspecified atom stereocenters. The fraction of sp³-hybridized carbons (Fsp3) is 0.153. The molecule has 2 amide bonds. The van der Waals surface area contributed by atoms with Crippen LogP contribution in [0.3, 0.4) is 0 Å². The topological polar surface area (TPSA) is 166 Å². The summed E-state index contributed by atoms with van der Waals surface area (Å²) in [6.07, 6.45) is 3.48. The van der Waals surface area contributed by atoms with E-state index in [9.17, 15) is 33.9 Å². The molecule has 2 atom stereocenters. The van der Waals surface area contributed by atoms with E-state index in [4.69, 9.17) is 51.1 Å². The Morgan fingerprint density at radius 3 is 1.28 bits per heavy atom. The molecular weight excluding hydrogens is 1030 g/mol. The number of hydrogen-bond donors (Lipinski definition) is 3. The number of rotatable bonds is 16. The van der Waals surface area contributed by atoms with Gasteiger partial charge in [0.15, 0.2) is 0 Å². The number of esters is 1. The van der Waals surface area contributed by atoms with Crippen molar-refractivity contribution in [2.24, 2.45) is 0 Å². The van der Waals surface area contributed by atoms with E-state index in [2.05, 4.69) is 10.6 Å². The van der Waals surface area contributed by atoms with E-state index in [0.717, 1.165) is 16.7 Å². The van der Waals surface area contributed by atoms with Crippen molar-refractivity contribution < 1.29 is 29.0 Å². The quantitative estimate of drug-likeness (QED) is 0.0804. The lowest BCUT2D eigenvalue weighted by Gasteiger charge is -2.18. The maximum Gasteiger partial charge on any atom is 0.328 e. The van der Waals surface area contributed by atoms with Gasteiger partial charge in [0.25, 0.3) is 22.9 Å². The number of carboxylic acids is 1. The molecule has 0 aliphatic rings. The standard InChI is InChI=1S/C30H26Cl2N2O4.C29H24Cl2N2O4/c1-19-7-6-10-25(32)27(19)28(35)33-26(30(37)38-2)15-20-11-13-22(14-12-20)24-16-23(31)18-34(29(24)36)17-21-8-4-3-5-9-21;1-18-6-5-9-24(31)26(18)27(34)32-25(29(36)37)14-19-10-12-21(13-11-19)23-15-22(30)17-33(28(23)35)16-20-7-3-2-4-8-20/h3-14,16,18,26H,15,17H2,1-2H3,(H,33,35);2-13,15,17,25H,14,16H2,1H3,(H,32,34)(H,36,37). The fourth-order valence-electron chi connectivity index (χ4n) is 8.35. The number of methoxy groups -OCH3 is 1. The Bertz CT molecular complexity index is 3440. The van der Waals surface area contributed by atoms with Gasteiger partial charge in [-0.2, -0.15) is 0 Å². The van der Waals surface area contributed by atoms with Gasteiger partial charge in [0.1, 0.15) is 12.1 Å². The first-order valence-electron chi connectivity index (χ1n) is 23.5. The molecule has 0 spiro atoms. The van der Waals surface area contributed by atoms with Crippen LogP contribution in [0, 0.1) is 13.8 Å². The smallest absolute Gasteiger partial charge is 0.328 e. The van der Waals surface area contributed by atoms with Crippen molar-refractivity contribution in [3.05, 3.63) is 255 Å². The van der Waals surface area contributed by atoms with Crippen LogP contribution in [0.15, 0.2) is 180 Å². The third-order valence-electron chi connectivity index (χ3n) is 12.2. The fourth-order valence-corrected chi connectivity index (χ4v) is 9.42. The van der Waals surface area contributed by atoms with Crippen molar-refractivity contribution >= 4 is 70.2 Å². The Hall–Kier alpha value is -7.74. The number of ether oxygens (including phenoxy) is 1. The summed E-state index contributed by atoms with van der Waals surface area (Å²) in [5.41, 5.74) is 7.21. The summed E-state index contributed by atoms with van der Waals surface area (Å²) in [5.74, 6) is -2.76. The minimum Gasteiger partial charge on any atom is -0.480 e. The summed E-state index contributed by atoms with van der Waals surface area (Å²) in [6, 6.07) is 44.8. The molecule has 0 saturated carbocycles. The molecule has 0 aliphatic heterocycles. The normalized spacial score (nSPS) is 11.6. The van der Waals surface area contributed by atoms with Crippen LogP contribution in [0.25, 0.3) is 22.3 Å². The predicted molar refractivity (Wildman–Crippen MR) is 295 cm³/mol. The lowest BCUT2D eigenvalue weighted by Crippen LogP contribution is -2.43. The summed E-state index contributed by atoms with van der Waals surface area (Å²) in [5, 5.41) is 16.4. The van der Waals surface area contributed by atoms with Gasteiger partial charge in [-0.25, -0.2) is 9.59 Å². The number of pyridine rings is 2. The molecule has 8 rings (SSSR count). The monoisotopic (exact) mass is 1080 g/mol. The molecule has 0 radical (unpaired) electrons. The minimum atomic E-state index is -1.17. The van der Waals surface area contributed by atoms with Crippen LogP contribution in [0.2, 0.25) is 20.1 Å². The Kier molecular flexibility index (Phi) is 18.7. The molecule has 382 valence electrons. The van der Waals surface area contributed by atoms with Crippen LogP contribution >= 0.6 is 46.4 Å². The average molecular weight is 1080 g/mol. The molecule has 8 aromatic rings. The summed E-state index contributed by atoms with van der Waals surface area (Å²) in [4.78, 5) is 76.4. The van der Waals surface area contributed by atoms with E-state index in [1.54, 1.807) is 132 Å². The number of aromatic nitrogens is 2. The number of carboxylic acid groups (broad SMARTS) is 1. The molecule has 75 heavy (non-hydrogen) atoms. The Labute approximate surface area is 453 Å². The van der Waals surface area contributed by atoms with Crippen molar-refractivity contribution in [1.29, 1.82) is 0 Å². The number of nitrogens with one attached hydrogen (secondary N) is 2. The summed E-state index contributed by atoms with van der Waals surface area (Å²) >= 11 is 25.1. The number of benzene rings is 6. The lowest BCUT2D eigenvalue weighted by molar-refractivity contribution is -0.143. The van der Waals surface area contributed by atoms with Crippen molar-refractivity contribution in [1.82, 2.24) is 19.8 Å². The highest BCUT2D eigenvalue weighted by Crippen LogP contribution is 2.25. The van der Waals surface area contributed by atoms with Crippen LogP contribution in [0.1, 0.15) is 54.1 Å². The van der Waals surface area contributed by atoms with Crippen LogP contribution in [0.5, 0.6) is 0 Å². The third-order valence-corrected chi connectivity index (χ3v) is 13.2. The molecule has 0 saturated heterocycles. The number of aryl methyl sites for hydroxylation is 2. The Morgan fingerprint density at radius 1 is 0.520 bits per heavy atom. The number of carbonyl (C=O) groups is 4. The van der Waals surface area contributed by atoms with Crippen LogP contribution in [-0.4, -0.2) is 57.2 Å². The van der Waals surface area contributed by atoms with Crippen LogP contribution in [-0.2, 0) is 40.3 Å². The van der Waals surface area contributed by atoms with E-state index >= 15 is 0 Å². The van der Waals surface area contributed by atoms with Gasteiger partial charge in [-0.3, -0.25) is 19.2 Å². The highest BCUT2D eigenvalue weighted by Gasteiger charge is 2.26. The molecular formula is C59H50Cl4N4O8. The Balaban J connectivity index is 0.000000219. The van der Waals surface area contributed by atoms with Crippen molar-refractivity contribution in [3.8, 4) is 22.3 Å². The van der Waals surface area contributed by atoms with Crippen LogP contribution < -0.4 is 21.8 Å². The first-order chi connectivity index (χ1) is 36.0. The second kappa shape index (κ2) is 25.5. The maximum atomic E-state index is 13.2. The largest absolute Gasteiger partial charge is 0.480 e. The van der Waals surface area contributed by atoms with E-state index in [0.29, 0.717) is 72.7 Å². The van der Waals surface area contributed by atoms with E-state index < -0.39 is 35.8 Å². The van der Waals surface area contributed by atoms with E-state index in [-0.39, 0.29) is 34.5 Å². The van der Waals surface area contributed by atoms with Crippen molar-refractivity contribution in [3.63, 3.8) is 0 Å². The van der Waals surface area contributed by atoms with Crippen molar-refractivity contribution in [2.45, 2.75) is 51.9 Å². The first-order valence-corrected chi connectivity index (χ1v) is 25.0. The first kappa shape index (κ1) is 55.0. The van der Waals surface area contributed by atoms with Crippen molar-refractivity contribution in [2.75, 3.05) is 7.11 Å². The Morgan fingerprint density at radius 2 is 0.907 bits per heavy atom. The zero-order valence-electron chi connectivity index (χ0n) is 40.9. The lowest BCUT2D eigenvalue weighted by atomic mass is 10.0. The van der Waals surface area contributed by atoms with Gasteiger partial charge < -0.3 is 29.6 Å². The van der Waals surface area contributed by atoms with E-state index in [1.165, 1.54) is 7.11 Å². The molecule has 2 heterocycles. The zero-order valence-corrected chi connectivity index (χ0v) is 43.9. The molecule has 0 bridgehead atoms. The molecule has 3 N–H and O–H groups in total. The number of carbonyl (C=O) groups excluding carboxylic acids is 3. The molecule has 12 nitrogen and oxygen atoms in total. The number of hydrogen-bond acceptors (Lipinski definition) is 7. The summed E-state index contributed by atoms with van der Waals surface area (Å²) < 4.78 is 8.07. The predicted octanol–water partition coefficient (Wildman–Crippen LogP) is 11.3. The number of amides is 2.